The summed E-state index contributed by atoms with van der Waals surface area (Å²) < 4.78 is 13.1. The smallest absolute Gasteiger partial charge is 0.300 e. The summed E-state index contributed by atoms with van der Waals surface area (Å²) in [7, 11) is 0. The second-order valence-corrected chi connectivity index (χ2v) is 3.60. The second-order valence-electron chi connectivity index (χ2n) is 2.34. The van der Waals surface area contributed by atoms with Gasteiger partial charge in [0.2, 0.25) is 0 Å². The molecule has 2 nitrogen and oxygen atoms in total. The van der Waals surface area contributed by atoms with Crippen molar-refractivity contribution in [3.8, 4) is 12.3 Å². The summed E-state index contributed by atoms with van der Waals surface area (Å²) in [4.78, 5) is 10.9. The molecule has 1 rings (SSSR count). The number of halogens is 3. The Morgan fingerprint density at radius 2 is 2.29 bits per heavy atom. The zero-order valence-electron chi connectivity index (χ0n) is 6.77. The predicted molar refractivity (Wildman–Crippen MR) is 56.6 cm³/mol. The highest BCUT2D eigenvalue weighted by Gasteiger charge is 2.09. The van der Waals surface area contributed by atoms with Gasteiger partial charge >= 0.3 is 0 Å². The Balaban J connectivity index is 3.10. The molecule has 0 aliphatic carbocycles. The first-order valence-corrected chi connectivity index (χ1v) is 4.64. The molecule has 0 fully saturated rings. The first-order valence-electron chi connectivity index (χ1n) is 3.46. The Bertz CT molecular complexity index is 404. The molecule has 0 heterocycles. The lowest BCUT2D eigenvalue weighted by molar-refractivity contribution is -0.111. The maximum absolute atomic E-state index is 12.8. The highest BCUT2D eigenvalue weighted by atomic mass is 79.9. The highest BCUT2D eigenvalue weighted by molar-refractivity contribution is 9.10. The molecular formula is C9H4BrClFNO. The van der Waals surface area contributed by atoms with E-state index in [1.807, 2.05) is 5.92 Å². The van der Waals surface area contributed by atoms with E-state index in [0.717, 1.165) is 6.07 Å². The molecule has 0 aromatic heterocycles. The van der Waals surface area contributed by atoms with Gasteiger partial charge < -0.3 is 5.32 Å². The van der Waals surface area contributed by atoms with Crippen molar-refractivity contribution in [2.24, 2.45) is 0 Å². The first kappa shape index (κ1) is 11.0. The van der Waals surface area contributed by atoms with Crippen molar-refractivity contribution in [2.75, 3.05) is 5.32 Å². The van der Waals surface area contributed by atoms with Crippen LogP contribution in [0.15, 0.2) is 16.6 Å². The number of terminal acetylenes is 1. The fourth-order valence-electron chi connectivity index (χ4n) is 0.811. The molecule has 1 aromatic carbocycles. The van der Waals surface area contributed by atoms with Crippen LogP contribution in [0.25, 0.3) is 0 Å². The number of hydrogen-bond donors (Lipinski definition) is 1. The highest BCUT2D eigenvalue weighted by Crippen LogP contribution is 2.31. The lowest BCUT2D eigenvalue weighted by atomic mass is 10.3. The summed E-state index contributed by atoms with van der Waals surface area (Å²) >= 11 is 8.73. The minimum absolute atomic E-state index is 0.0838. The molecule has 1 N–H and O–H groups in total. The average Bonchev–Trinajstić information content (AvgIpc) is 2.10. The summed E-state index contributed by atoms with van der Waals surface area (Å²) in [6, 6.07) is 2.26. The Labute approximate surface area is 93.6 Å². The molecule has 0 spiro atoms. The minimum atomic E-state index is -0.640. The van der Waals surface area contributed by atoms with Crippen molar-refractivity contribution in [1.82, 2.24) is 0 Å². The number of nitrogens with one attached hydrogen (secondary N) is 1. The van der Waals surface area contributed by atoms with E-state index in [0.29, 0.717) is 4.47 Å². The molecule has 0 saturated heterocycles. The van der Waals surface area contributed by atoms with E-state index < -0.39 is 11.7 Å². The van der Waals surface area contributed by atoms with Gasteiger partial charge in [-0.1, -0.05) is 11.6 Å². The van der Waals surface area contributed by atoms with Gasteiger partial charge in [0.05, 0.1) is 10.7 Å². The molecule has 1 aromatic rings. The van der Waals surface area contributed by atoms with Crippen LogP contribution < -0.4 is 5.32 Å². The maximum atomic E-state index is 12.8. The molecule has 1 amide bonds. The van der Waals surface area contributed by atoms with Gasteiger partial charge in [0.25, 0.3) is 5.91 Å². The van der Waals surface area contributed by atoms with Crippen molar-refractivity contribution in [2.45, 2.75) is 0 Å². The molecule has 0 atom stereocenters. The van der Waals surface area contributed by atoms with E-state index in [9.17, 15) is 9.18 Å². The number of anilines is 1. The van der Waals surface area contributed by atoms with Crippen molar-refractivity contribution in [1.29, 1.82) is 0 Å². The Morgan fingerprint density at radius 1 is 1.64 bits per heavy atom. The number of rotatable bonds is 1. The third kappa shape index (κ3) is 2.47. The van der Waals surface area contributed by atoms with Gasteiger partial charge in [-0.2, -0.15) is 0 Å². The van der Waals surface area contributed by atoms with E-state index in [1.165, 1.54) is 6.07 Å². The number of carbonyl (C=O) groups is 1. The number of hydrogen-bond acceptors (Lipinski definition) is 1. The minimum Gasteiger partial charge on any atom is -0.313 e. The van der Waals surface area contributed by atoms with Gasteiger partial charge in [0.1, 0.15) is 5.82 Å². The lowest BCUT2D eigenvalue weighted by Crippen LogP contribution is -2.09. The van der Waals surface area contributed by atoms with Crippen LogP contribution in [0.3, 0.4) is 0 Å². The van der Waals surface area contributed by atoms with E-state index >= 15 is 0 Å². The number of benzene rings is 1. The topological polar surface area (TPSA) is 29.1 Å². The molecule has 5 heteroatoms. The number of amides is 1. The van der Waals surface area contributed by atoms with Gasteiger partial charge in [-0.3, -0.25) is 4.79 Å². The SMILES string of the molecule is C#CC(=O)Nc1c(Cl)cc(F)cc1Br. The van der Waals surface area contributed by atoms with Crippen molar-refractivity contribution < 1.29 is 9.18 Å². The predicted octanol–water partition coefficient (Wildman–Crippen LogP) is 2.81. The van der Waals surface area contributed by atoms with Crippen LogP contribution in [0.2, 0.25) is 5.02 Å². The van der Waals surface area contributed by atoms with E-state index in [2.05, 4.69) is 21.2 Å². The standard InChI is InChI=1S/C9H4BrClFNO/c1-2-8(14)13-9-6(10)3-5(12)4-7(9)11/h1,3-4H,(H,13,14). The van der Waals surface area contributed by atoms with Gasteiger partial charge in [0, 0.05) is 4.47 Å². The zero-order valence-corrected chi connectivity index (χ0v) is 9.12. The maximum Gasteiger partial charge on any atom is 0.300 e. The van der Waals surface area contributed by atoms with E-state index in [1.54, 1.807) is 0 Å². The van der Waals surface area contributed by atoms with Crippen LogP contribution in [0.5, 0.6) is 0 Å². The Kier molecular flexibility index (Phi) is 3.50. The molecule has 14 heavy (non-hydrogen) atoms. The zero-order chi connectivity index (χ0) is 10.7. The van der Waals surface area contributed by atoms with Crippen molar-refractivity contribution >= 4 is 39.1 Å². The van der Waals surface area contributed by atoms with Crippen molar-refractivity contribution in [3.05, 3.63) is 27.4 Å². The molecular weight excluding hydrogens is 272 g/mol. The van der Waals surface area contributed by atoms with Gasteiger partial charge in [-0.25, -0.2) is 4.39 Å². The normalized spacial score (nSPS) is 9.29. The fourth-order valence-corrected chi connectivity index (χ4v) is 1.71. The molecule has 0 aliphatic heterocycles. The van der Waals surface area contributed by atoms with Gasteiger partial charge in [-0.05, 0) is 34.0 Å². The lowest BCUT2D eigenvalue weighted by Gasteiger charge is -2.06. The molecule has 0 saturated carbocycles. The summed E-state index contributed by atoms with van der Waals surface area (Å²) in [5.74, 6) is 0.720. The van der Waals surface area contributed by atoms with Crippen LogP contribution in [-0.4, -0.2) is 5.91 Å². The monoisotopic (exact) mass is 275 g/mol. The summed E-state index contributed by atoms with van der Waals surface area (Å²) in [6.45, 7) is 0. The van der Waals surface area contributed by atoms with Crippen LogP contribution in [0.1, 0.15) is 0 Å². The largest absolute Gasteiger partial charge is 0.313 e. The van der Waals surface area contributed by atoms with Gasteiger partial charge in [0.15, 0.2) is 0 Å². The van der Waals surface area contributed by atoms with Crippen molar-refractivity contribution in [3.63, 3.8) is 0 Å². The fraction of sp³-hybridized carbons (Fsp3) is 0. The first-order chi connectivity index (χ1) is 6.54. The average molecular weight is 276 g/mol. The van der Waals surface area contributed by atoms with Gasteiger partial charge in [-0.15, -0.1) is 6.42 Å². The van der Waals surface area contributed by atoms with Crippen LogP contribution in [-0.2, 0) is 4.79 Å². The summed E-state index contributed by atoms with van der Waals surface area (Å²) in [6.07, 6.45) is 4.86. The Hall–Kier alpha value is -1.05. The molecule has 0 radical (unpaired) electrons. The van der Waals surface area contributed by atoms with E-state index in [4.69, 9.17) is 18.0 Å². The number of carbonyl (C=O) groups excluding carboxylic acids is 1. The third-order valence-corrected chi connectivity index (χ3v) is 2.30. The Morgan fingerprint density at radius 3 is 2.79 bits per heavy atom. The molecule has 0 bridgehead atoms. The molecule has 0 unspecified atom stereocenters. The van der Waals surface area contributed by atoms with Crippen LogP contribution in [0.4, 0.5) is 10.1 Å². The summed E-state index contributed by atoms with van der Waals surface area (Å²) in [5.41, 5.74) is 0.260. The third-order valence-electron chi connectivity index (χ3n) is 1.38. The van der Waals surface area contributed by atoms with Crippen LogP contribution in [0, 0.1) is 18.2 Å². The van der Waals surface area contributed by atoms with E-state index in [-0.39, 0.29) is 10.7 Å². The second kappa shape index (κ2) is 4.45. The molecule has 72 valence electrons. The van der Waals surface area contributed by atoms with Crippen LogP contribution >= 0.6 is 27.5 Å². The molecule has 0 aliphatic rings. The quantitative estimate of drug-likeness (QED) is 0.785. The summed E-state index contributed by atoms with van der Waals surface area (Å²) in [5, 5.41) is 2.42.